The zero-order chi connectivity index (χ0) is 29.5. The third-order valence-corrected chi connectivity index (χ3v) is 4.18. The fraction of sp³-hybridized carbons (Fsp3) is 0.375. The molecule has 15 heteroatoms. The Kier molecular flexibility index (Phi) is 13.2. The van der Waals surface area contributed by atoms with Crippen molar-refractivity contribution in [3.8, 4) is 0 Å². The molecule has 15 nitrogen and oxygen atoms in total. The summed E-state index contributed by atoms with van der Waals surface area (Å²) in [5.74, 6) is -4.74. The van der Waals surface area contributed by atoms with E-state index in [2.05, 4.69) is 29.9 Å². The number of carbonyl (C=O) groups is 3. The Hall–Kier alpha value is -4.95. The van der Waals surface area contributed by atoms with Crippen LogP contribution in [0.15, 0.2) is 49.0 Å². The van der Waals surface area contributed by atoms with Gasteiger partial charge < -0.3 is 29.5 Å². The smallest absolute Gasteiger partial charge is 0.343 e. The molecule has 210 valence electrons. The number of hydrogen-bond donors (Lipinski definition) is 3. The van der Waals surface area contributed by atoms with Crippen LogP contribution < -0.4 is 0 Å². The standard InChI is InChI=1S/C24H30N6O9/c1-7-37-19(34)16(13(4)31)10-25-22-28-23(26-11-17(14(5)32)20(35)38-8-2)30-24(29-22)27-12-18(15(6)33)21(36)39-9-3/h10-12,31-33H,7-9H2,1-6H3/b16-13+,17-14+,18-15+,25-10+,26-11+,27-12+. The molecule has 1 aromatic heterocycles. The normalized spacial score (nSPS) is 13.7. The molecule has 0 spiro atoms. The number of aliphatic hydroxyl groups excluding tert-OH is 3. The maximum atomic E-state index is 12.1. The average Bonchev–Trinajstić information content (AvgIpc) is 2.84. The van der Waals surface area contributed by atoms with E-state index in [1.165, 1.54) is 20.8 Å². The first kappa shape index (κ1) is 32.1. The van der Waals surface area contributed by atoms with Crippen molar-refractivity contribution in [3.63, 3.8) is 0 Å². The minimum atomic E-state index is -0.850. The van der Waals surface area contributed by atoms with Gasteiger partial charge in [-0.2, -0.15) is 15.0 Å². The molecule has 0 amide bonds. The lowest BCUT2D eigenvalue weighted by molar-refractivity contribution is -0.139. The maximum Gasteiger partial charge on any atom is 0.343 e. The van der Waals surface area contributed by atoms with E-state index < -0.39 is 17.9 Å². The van der Waals surface area contributed by atoms with E-state index in [9.17, 15) is 29.7 Å². The monoisotopic (exact) mass is 546 g/mol. The molecule has 0 radical (unpaired) electrons. The van der Waals surface area contributed by atoms with E-state index >= 15 is 0 Å². The summed E-state index contributed by atoms with van der Waals surface area (Å²) in [6.45, 7) is 8.64. The summed E-state index contributed by atoms with van der Waals surface area (Å²) in [6, 6.07) is 0. The Bertz CT molecular complexity index is 1090. The Morgan fingerprint density at radius 2 is 0.821 bits per heavy atom. The minimum Gasteiger partial charge on any atom is -0.512 e. The zero-order valence-electron chi connectivity index (χ0n) is 22.3. The van der Waals surface area contributed by atoms with Gasteiger partial charge in [0.1, 0.15) is 34.0 Å². The highest BCUT2D eigenvalue weighted by Gasteiger charge is 2.16. The Morgan fingerprint density at radius 1 is 0.590 bits per heavy atom. The topological polar surface area (TPSA) is 215 Å². The van der Waals surface area contributed by atoms with Crippen LogP contribution >= 0.6 is 0 Å². The molecule has 0 saturated heterocycles. The van der Waals surface area contributed by atoms with Crippen LogP contribution in [0.3, 0.4) is 0 Å². The van der Waals surface area contributed by atoms with Gasteiger partial charge in [-0.25, -0.2) is 29.4 Å². The van der Waals surface area contributed by atoms with Crippen molar-refractivity contribution in [2.75, 3.05) is 19.8 Å². The van der Waals surface area contributed by atoms with Gasteiger partial charge in [0, 0.05) is 18.6 Å². The number of aliphatic imine (C=N–C) groups is 3. The van der Waals surface area contributed by atoms with Gasteiger partial charge in [0.05, 0.1) is 19.8 Å². The number of carbonyl (C=O) groups excluding carboxylic acids is 3. The fourth-order valence-electron chi connectivity index (χ4n) is 2.39. The van der Waals surface area contributed by atoms with Crippen LogP contribution in [0, 0.1) is 0 Å². The number of allylic oxidation sites excluding steroid dienone is 3. The van der Waals surface area contributed by atoms with E-state index in [-0.39, 0.29) is 71.7 Å². The molecule has 0 aromatic carbocycles. The predicted octanol–water partition coefficient (Wildman–Crippen LogP) is 3.16. The minimum absolute atomic E-state index is 0.0497. The molecule has 3 N–H and O–H groups in total. The molecular weight excluding hydrogens is 516 g/mol. The van der Waals surface area contributed by atoms with Crippen LogP contribution in [0.2, 0.25) is 0 Å². The van der Waals surface area contributed by atoms with Gasteiger partial charge >= 0.3 is 17.9 Å². The number of rotatable bonds is 12. The van der Waals surface area contributed by atoms with Crippen LogP contribution in [0.25, 0.3) is 0 Å². The first-order chi connectivity index (χ1) is 18.4. The molecule has 0 bridgehead atoms. The Morgan fingerprint density at radius 3 is 1.00 bits per heavy atom. The number of aromatic nitrogens is 3. The second-order valence-corrected chi connectivity index (χ2v) is 7.17. The second kappa shape index (κ2) is 16.0. The molecule has 1 rings (SSSR count). The third kappa shape index (κ3) is 10.5. The van der Waals surface area contributed by atoms with Crippen molar-refractivity contribution in [2.24, 2.45) is 15.0 Å². The van der Waals surface area contributed by atoms with Gasteiger partial charge in [0.25, 0.3) is 17.8 Å². The lowest BCUT2D eigenvalue weighted by Crippen LogP contribution is -2.11. The Balaban J connectivity index is 3.64. The largest absolute Gasteiger partial charge is 0.512 e. The van der Waals surface area contributed by atoms with Gasteiger partial charge in [-0.3, -0.25) is 0 Å². The molecule has 39 heavy (non-hydrogen) atoms. The summed E-state index contributed by atoms with van der Waals surface area (Å²) in [4.78, 5) is 60.0. The number of esters is 3. The number of hydrogen-bond acceptors (Lipinski definition) is 15. The van der Waals surface area contributed by atoms with Crippen molar-refractivity contribution < 1.29 is 43.9 Å². The summed E-state index contributed by atoms with van der Waals surface area (Å²) in [7, 11) is 0. The SMILES string of the molecule is CCOC(=O)C(/C=N/c1nc(/N=C/C(C(=O)OCC)=C(/C)O)nc(/N=C/C(C(=O)OCC)=C(/C)O)n1)=C(\C)O. The molecular formula is C24H30N6O9. The first-order valence-corrected chi connectivity index (χ1v) is 11.5. The van der Waals surface area contributed by atoms with Crippen molar-refractivity contribution in [1.82, 2.24) is 15.0 Å². The van der Waals surface area contributed by atoms with Crippen molar-refractivity contribution in [1.29, 1.82) is 0 Å². The first-order valence-electron chi connectivity index (χ1n) is 11.5. The lowest BCUT2D eigenvalue weighted by atomic mass is 10.2. The molecule has 0 saturated carbocycles. The van der Waals surface area contributed by atoms with Crippen LogP contribution in [0.1, 0.15) is 41.5 Å². The van der Waals surface area contributed by atoms with Gasteiger partial charge in [-0.05, 0) is 41.5 Å². The van der Waals surface area contributed by atoms with E-state index in [0.717, 1.165) is 18.6 Å². The summed E-state index contributed by atoms with van der Waals surface area (Å²) in [5.41, 5.74) is -0.835. The lowest BCUT2D eigenvalue weighted by Gasteiger charge is -2.04. The summed E-state index contributed by atoms with van der Waals surface area (Å²) < 4.78 is 14.6. The van der Waals surface area contributed by atoms with Crippen LogP contribution in [-0.2, 0) is 28.6 Å². The highest BCUT2D eigenvalue weighted by atomic mass is 16.5. The molecule has 0 unspecified atom stereocenters. The molecule has 1 heterocycles. The average molecular weight is 547 g/mol. The van der Waals surface area contributed by atoms with Crippen molar-refractivity contribution in [2.45, 2.75) is 41.5 Å². The van der Waals surface area contributed by atoms with Crippen molar-refractivity contribution in [3.05, 3.63) is 34.0 Å². The molecule has 0 aliphatic rings. The number of nitrogens with zero attached hydrogens (tertiary/aromatic N) is 6. The number of ether oxygens (including phenoxy) is 3. The van der Waals surface area contributed by atoms with E-state index in [0.29, 0.717) is 0 Å². The van der Waals surface area contributed by atoms with Gasteiger partial charge in [-0.15, -0.1) is 0 Å². The van der Waals surface area contributed by atoms with E-state index in [1.807, 2.05) is 0 Å². The predicted molar refractivity (Wildman–Crippen MR) is 140 cm³/mol. The summed E-state index contributed by atoms with van der Waals surface area (Å²) in [5, 5.41) is 29.5. The zero-order valence-corrected chi connectivity index (χ0v) is 22.3. The van der Waals surface area contributed by atoms with E-state index in [4.69, 9.17) is 14.2 Å². The quantitative estimate of drug-likeness (QED) is 0.113. The molecule has 0 atom stereocenters. The van der Waals surface area contributed by atoms with Crippen LogP contribution in [0.5, 0.6) is 0 Å². The third-order valence-electron chi connectivity index (χ3n) is 4.18. The molecule has 0 aliphatic heterocycles. The number of aliphatic hydroxyl groups is 3. The molecule has 0 aliphatic carbocycles. The fourth-order valence-corrected chi connectivity index (χ4v) is 2.39. The summed E-state index contributed by atoms with van der Waals surface area (Å²) in [6.07, 6.45) is 2.86. The second-order valence-electron chi connectivity index (χ2n) is 7.17. The van der Waals surface area contributed by atoms with E-state index in [1.54, 1.807) is 20.8 Å². The van der Waals surface area contributed by atoms with Gasteiger partial charge in [0.2, 0.25) is 0 Å². The summed E-state index contributed by atoms with van der Waals surface area (Å²) >= 11 is 0. The van der Waals surface area contributed by atoms with Crippen molar-refractivity contribution >= 4 is 54.4 Å². The molecule has 1 aromatic rings. The van der Waals surface area contributed by atoms with Gasteiger partial charge in [0.15, 0.2) is 0 Å². The van der Waals surface area contributed by atoms with Crippen LogP contribution in [0.4, 0.5) is 17.8 Å². The highest BCUT2D eigenvalue weighted by Crippen LogP contribution is 2.18. The highest BCUT2D eigenvalue weighted by molar-refractivity contribution is 6.11. The Labute approximate surface area is 224 Å². The maximum absolute atomic E-state index is 12.1. The molecule has 0 fully saturated rings. The van der Waals surface area contributed by atoms with Crippen LogP contribution in [-0.4, -0.2) is 86.6 Å². The van der Waals surface area contributed by atoms with Gasteiger partial charge in [-0.1, -0.05) is 0 Å².